The fraction of sp³-hybridized carbons (Fsp3) is 0.200. The highest BCUT2D eigenvalue weighted by atomic mass is 16.5. The number of ether oxygens (including phenoxy) is 1. The highest BCUT2D eigenvalue weighted by Gasteiger charge is 2.29. The van der Waals surface area contributed by atoms with Crippen LogP contribution in [0.15, 0.2) is 71.8 Å². The van der Waals surface area contributed by atoms with Crippen molar-refractivity contribution in [2.24, 2.45) is 0 Å². The van der Waals surface area contributed by atoms with Gasteiger partial charge in [-0.3, -0.25) is 4.79 Å². The van der Waals surface area contributed by atoms with Crippen molar-refractivity contribution in [2.45, 2.75) is 24.9 Å². The Labute approximate surface area is 195 Å². The minimum absolute atomic E-state index is 0.0842. The van der Waals surface area contributed by atoms with Crippen LogP contribution >= 0.6 is 0 Å². The molecule has 0 saturated heterocycles. The Hall–Kier alpha value is -4.40. The highest BCUT2D eigenvalue weighted by Crippen LogP contribution is 2.44. The van der Waals surface area contributed by atoms with Crippen LogP contribution in [0.5, 0.6) is 0 Å². The molecule has 1 atom stereocenters. The van der Waals surface area contributed by atoms with Crippen molar-refractivity contribution < 1.29 is 28.8 Å². The molecule has 3 N–H and O–H groups in total. The molecule has 1 heterocycles. The van der Waals surface area contributed by atoms with Gasteiger partial charge in [0.1, 0.15) is 12.6 Å². The summed E-state index contributed by atoms with van der Waals surface area (Å²) in [4.78, 5) is 36.0. The molecule has 0 bridgehead atoms. The number of aromatic nitrogens is 1. The molecule has 174 valence electrons. The first-order valence-corrected chi connectivity index (χ1v) is 10.7. The van der Waals surface area contributed by atoms with Crippen LogP contribution in [0.1, 0.15) is 39.7 Å². The van der Waals surface area contributed by atoms with Gasteiger partial charge in [-0.2, -0.15) is 0 Å². The molecule has 34 heavy (non-hydrogen) atoms. The lowest BCUT2D eigenvalue weighted by atomic mass is 9.98. The lowest BCUT2D eigenvalue weighted by Gasteiger charge is -2.18. The first kappa shape index (κ1) is 22.8. The summed E-state index contributed by atoms with van der Waals surface area (Å²) in [5.74, 6) is -1.66. The van der Waals surface area contributed by atoms with Gasteiger partial charge >= 0.3 is 12.1 Å². The molecule has 2 amide bonds. The number of hydrogen-bond donors (Lipinski definition) is 3. The van der Waals surface area contributed by atoms with Gasteiger partial charge in [0.25, 0.3) is 0 Å². The molecular weight excluding hydrogens is 438 g/mol. The lowest BCUT2D eigenvalue weighted by Crippen LogP contribution is -2.46. The van der Waals surface area contributed by atoms with Gasteiger partial charge in [-0.25, -0.2) is 9.59 Å². The van der Waals surface area contributed by atoms with Crippen LogP contribution in [0.2, 0.25) is 0 Å². The summed E-state index contributed by atoms with van der Waals surface area (Å²) >= 11 is 0. The third-order valence-electron chi connectivity index (χ3n) is 5.57. The Kier molecular flexibility index (Phi) is 6.72. The minimum atomic E-state index is -1.23. The highest BCUT2D eigenvalue weighted by molar-refractivity contribution is 5.86. The maximum atomic E-state index is 12.6. The van der Waals surface area contributed by atoms with E-state index in [1.54, 1.807) is 0 Å². The van der Waals surface area contributed by atoms with Crippen molar-refractivity contribution in [2.75, 3.05) is 6.61 Å². The minimum Gasteiger partial charge on any atom is -0.476 e. The zero-order valence-corrected chi connectivity index (χ0v) is 18.2. The zero-order valence-electron chi connectivity index (χ0n) is 18.2. The molecule has 0 spiro atoms. The summed E-state index contributed by atoms with van der Waals surface area (Å²) in [6, 6.07) is 16.3. The first-order valence-electron chi connectivity index (χ1n) is 10.7. The molecular formula is C25H23N3O6. The van der Waals surface area contributed by atoms with Crippen LogP contribution in [-0.2, 0) is 16.1 Å². The molecule has 9 nitrogen and oxygen atoms in total. The molecule has 1 aliphatic rings. The van der Waals surface area contributed by atoms with E-state index in [1.807, 2.05) is 48.5 Å². The fourth-order valence-corrected chi connectivity index (χ4v) is 3.98. The maximum Gasteiger partial charge on any atom is 0.407 e. The quantitative estimate of drug-likeness (QED) is 0.416. The summed E-state index contributed by atoms with van der Waals surface area (Å²) in [5, 5.41) is 17.4. The Bertz CT molecular complexity index is 1190. The smallest absolute Gasteiger partial charge is 0.407 e. The van der Waals surface area contributed by atoms with Crippen molar-refractivity contribution >= 4 is 18.0 Å². The van der Waals surface area contributed by atoms with E-state index in [0.29, 0.717) is 0 Å². The third kappa shape index (κ3) is 4.83. The first-order chi connectivity index (χ1) is 16.5. The van der Waals surface area contributed by atoms with E-state index in [9.17, 15) is 14.4 Å². The van der Waals surface area contributed by atoms with Crippen LogP contribution < -0.4 is 10.6 Å². The van der Waals surface area contributed by atoms with Crippen LogP contribution in [0.3, 0.4) is 0 Å². The van der Waals surface area contributed by atoms with Crippen LogP contribution in [-0.4, -0.2) is 40.9 Å². The summed E-state index contributed by atoms with van der Waals surface area (Å²) < 4.78 is 10.4. The molecule has 9 heteroatoms. The molecule has 3 aromatic rings. The predicted octanol–water partition coefficient (Wildman–Crippen LogP) is 3.47. The van der Waals surface area contributed by atoms with Crippen LogP contribution in [0.4, 0.5) is 4.79 Å². The van der Waals surface area contributed by atoms with Crippen LogP contribution in [0, 0.1) is 0 Å². The number of rotatable bonds is 9. The number of carbonyl (C=O) groups excluding carboxylic acids is 2. The number of hydrogen-bond acceptors (Lipinski definition) is 6. The number of carbonyl (C=O) groups is 3. The van der Waals surface area contributed by atoms with E-state index in [-0.39, 0.29) is 36.9 Å². The second-order valence-corrected chi connectivity index (χ2v) is 7.75. The molecule has 2 aromatic carbocycles. The van der Waals surface area contributed by atoms with Gasteiger partial charge in [0, 0.05) is 12.0 Å². The van der Waals surface area contributed by atoms with Crippen molar-refractivity contribution in [3.8, 4) is 11.1 Å². The average Bonchev–Trinajstić information content (AvgIpc) is 3.44. The Morgan fingerprint density at radius 2 is 1.76 bits per heavy atom. The van der Waals surface area contributed by atoms with E-state index in [4.69, 9.17) is 14.4 Å². The van der Waals surface area contributed by atoms with E-state index in [1.165, 1.54) is 12.1 Å². The van der Waals surface area contributed by atoms with Gasteiger partial charge in [0.15, 0.2) is 11.5 Å². The van der Waals surface area contributed by atoms with Crippen LogP contribution in [0.25, 0.3) is 11.1 Å². The number of carboxylic acid groups (broad SMARTS) is 1. The number of alkyl carbamates (subject to hydrolysis) is 1. The molecule has 1 unspecified atom stereocenters. The summed E-state index contributed by atoms with van der Waals surface area (Å²) in [7, 11) is 0. The largest absolute Gasteiger partial charge is 0.476 e. The topological polar surface area (TPSA) is 131 Å². The molecule has 0 saturated carbocycles. The predicted molar refractivity (Wildman–Crippen MR) is 122 cm³/mol. The lowest BCUT2D eigenvalue weighted by molar-refractivity contribution is -0.123. The molecule has 0 fully saturated rings. The second-order valence-electron chi connectivity index (χ2n) is 7.75. The normalized spacial score (nSPS) is 12.8. The third-order valence-corrected chi connectivity index (χ3v) is 5.57. The second kappa shape index (κ2) is 10.0. The van der Waals surface area contributed by atoms with Gasteiger partial charge in [-0.15, -0.1) is 6.58 Å². The average molecular weight is 461 g/mol. The maximum absolute atomic E-state index is 12.6. The Balaban J connectivity index is 1.35. The summed E-state index contributed by atoms with van der Waals surface area (Å²) in [6.45, 7) is 3.66. The van der Waals surface area contributed by atoms with Crippen molar-refractivity contribution in [1.29, 1.82) is 0 Å². The zero-order chi connectivity index (χ0) is 24.1. The molecule has 0 radical (unpaired) electrons. The van der Waals surface area contributed by atoms with Gasteiger partial charge in [0.05, 0.1) is 6.54 Å². The van der Waals surface area contributed by atoms with Crippen molar-refractivity contribution in [3.63, 3.8) is 0 Å². The number of nitrogens with zero attached hydrogens (tertiary/aromatic N) is 1. The SMILES string of the molecule is C=CCC(NC(=O)OCC1c2ccccc2-c2ccccc21)C(=O)NCc1cc(C(=O)O)no1. The standard InChI is InChI=1S/C25H23N3O6/c1-2-7-21(23(29)26-13-15-12-22(24(30)31)28-34-15)27-25(32)33-14-20-18-10-5-3-8-16(18)17-9-4-6-11-19(17)20/h2-6,8-12,20-21H,1,7,13-14H2,(H,26,29)(H,27,32)(H,30,31). The monoisotopic (exact) mass is 461 g/mol. The number of fused-ring (bicyclic) bond motifs is 3. The van der Waals surface area contributed by atoms with Crippen molar-refractivity contribution in [1.82, 2.24) is 15.8 Å². The van der Waals surface area contributed by atoms with Crippen molar-refractivity contribution in [3.05, 3.63) is 89.8 Å². The number of carboxylic acids is 1. The van der Waals surface area contributed by atoms with Gasteiger partial charge < -0.3 is 25.0 Å². The summed E-state index contributed by atoms with van der Waals surface area (Å²) in [6.07, 6.45) is 0.953. The number of nitrogens with one attached hydrogen (secondary N) is 2. The Morgan fingerprint density at radius 1 is 1.12 bits per heavy atom. The van der Waals surface area contributed by atoms with E-state index < -0.39 is 24.0 Å². The van der Waals surface area contributed by atoms with E-state index in [0.717, 1.165) is 22.3 Å². The van der Waals surface area contributed by atoms with Gasteiger partial charge in [-0.1, -0.05) is 59.8 Å². The molecule has 1 aliphatic carbocycles. The van der Waals surface area contributed by atoms with Gasteiger partial charge in [0.2, 0.25) is 5.91 Å². The Morgan fingerprint density at radius 3 is 2.35 bits per heavy atom. The fourth-order valence-electron chi connectivity index (χ4n) is 3.98. The number of aromatic carboxylic acids is 1. The van der Waals surface area contributed by atoms with E-state index >= 15 is 0 Å². The molecule has 1 aromatic heterocycles. The number of amides is 2. The summed E-state index contributed by atoms with van der Waals surface area (Å²) in [5.41, 5.74) is 4.15. The molecule has 4 rings (SSSR count). The van der Waals surface area contributed by atoms with Gasteiger partial charge in [-0.05, 0) is 28.7 Å². The number of benzene rings is 2. The molecule has 0 aliphatic heterocycles. The van der Waals surface area contributed by atoms with E-state index in [2.05, 4.69) is 22.4 Å².